The first-order chi connectivity index (χ1) is 10.1. The number of benzene rings is 2. The Morgan fingerprint density at radius 3 is 2.71 bits per heavy atom. The molecule has 0 radical (unpaired) electrons. The molecule has 2 aromatic rings. The second kappa shape index (κ2) is 7.13. The van der Waals surface area contributed by atoms with Crippen LogP contribution < -0.4 is 10.6 Å². The van der Waals surface area contributed by atoms with Gasteiger partial charge in [-0.25, -0.2) is 4.39 Å². The third-order valence-electron chi connectivity index (χ3n) is 3.02. The van der Waals surface area contributed by atoms with Crippen LogP contribution in [0.3, 0.4) is 0 Å². The maximum atomic E-state index is 13.2. The summed E-state index contributed by atoms with van der Waals surface area (Å²) in [7, 11) is 0. The predicted octanol–water partition coefficient (Wildman–Crippen LogP) is 3.91. The minimum absolute atomic E-state index is 0.132. The number of thioether (sulfide) groups is 1. The van der Waals surface area contributed by atoms with Crippen molar-refractivity contribution in [2.75, 3.05) is 23.4 Å². The lowest BCUT2D eigenvalue weighted by atomic mass is 10.2. The topological polar surface area (TPSA) is 41.1 Å². The molecule has 0 unspecified atom stereocenters. The fourth-order valence-electron chi connectivity index (χ4n) is 1.89. The lowest BCUT2D eigenvalue weighted by Crippen LogP contribution is -2.22. The number of rotatable bonds is 5. The number of aryl methyl sites for hydroxylation is 1. The van der Waals surface area contributed by atoms with Crippen LogP contribution in [0.2, 0.25) is 0 Å². The van der Waals surface area contributed by atoms with Crippen molar-refractivity contribution in [2.45, 2.75) is 11.8 Å². The first-order valence-corrected chi connectivity index (χ1v) is 7.75. The van der Waals surface area contributed by atoms with E-state index in [9.17, 15) is 9.18 Å². The molecular weight excluding hydrogens is 287 g/mol. The molecule has 0 aromatic heterocycles. The Labute approximate surface area is 127 Å². The Balaban J connectivity index is 1.97. The number of carbonyl (C=O) groups is 1. The second-order valence-corrected chi connectivity index (χ2v) is 5.41. The highest BCUT2D eigenvalue weighted by Gasteiger charge is 2.07. The SMILES string of the molecule is CSc1ccccc1NCC(=O)Nc1cc(F)ccc1C. The van der Waals surface area contributed by atoms with Crippen molar-refractivity contribution < 1.29 is 9.18 Å². The first kappa shape index (κ1) is 15.4. The van der Waals surface area contributed by atoms with Crippen LogP contribution >= 0.6 is 11.8 Å². The predicted molar refractivity (Wildman–Crippen MR) is 86.5 cm³/mol. The summed E-state index contributed by atoms with van der Waals surface area (Å²) in [5.74, 6) is -0.573. The van der Waals surface area contributed by atoms with Crippen molar-refractivity contribution >= 4 is 29.0 Å². The van der Waals surface area contributed by atoms with Crippen molar-refractivity contribution in [3.63, 3.8) is 0 Å². The number of para-hydroxylation sites is 1. The van der Waals surface area contributed by atoms with Gasteiger partial charge in [0, 0.05) is 16.3 Å². The number of nitrogens with one attached hydrogen (secondary N) is 2. The van der Waals surface area contributed by atoms with E-state index in [0.717, 1.165) is 16.1 Å². The first-order valence-electron chi connectivity index (χ1n) is 6.53. The molecule has 21 heavy (non-hydrogen) atoms. The van der Waals surface area contributed by atoms with Gasteiger partial charge < -0.3 is 10.6 Å². The van der Waals surface area contributed by atoms with Gasteiger partial charge in [0.2, 0.25) is 5.91 Å². The van der Waals surface area contributed by atoms with Gasteiger partial charge in [-0.3, -0.25) is 4.79 Å². The standard InChI is InChI=1S/C16H17FN2OS/c1-11-7-8-12(17)9-14(11)19-16(20)10-18-13-5-3-4-6-15(13)21-2/h3-9,18H,10H2,1-2H3,(H,19,20). The molecule has 0 atom stereocenters. The summed E-state index contributed by atoms with van der Waals surface area (Å²) in [5, 5.41) is 5.80. The van der Waals surface area contributed by atoms with Gasteiger partial charge in [-0.15, -0.1) is 11.8 Å². The Hall–Kier alpha value is -2.01. The molecule has 2 aromatic carbocycles. The third kappa shape index (κ3) is 4.23. The molecule has 0 aliphatic carbocycles. The van der Waals surface area contributed by atoms with Gasteiger partial charge in [0.25, 0.3) is 0 Å². The summed E-state index contributed by atoms with van der Waals surface area (Å²) in [4.78, 5) is 13.0. The molecular formula is C16H17FN2OS. The van der Waals surface area contributed by atoms with Crippen molar-refractivity contribution in [2.24, 2.45) is 0 Å². The molecule has 2 rings (SSSR count). The number of amides is 1. The second-order valence-electron chi connectivity index (χ2n) is 4.56. The molecule has 0 fully saturated rings. The molecule has 0 aliphatic rings. The lowest BCUT2D eigenvalue weighted by molar-refractivity contribution is -0.114. The van der Waals surface area contributed by atoms with E-state index in [2.05, 4.69) is 10.6 Å². The van der Waals surface area contributed by atoms with Gasteiger partial charge in [0.05, 0.1) is 6.54 Å². The van der Waals surface area contributed by atoms with Gasteiger partial charge >= 0.3 is 0 Å². The van der Waals surface area contributed by atoms with E-state index >= 15 is 0 Å². The zero-order valence-electron chi connectivity index (χ0n) is 11.9. The van der Waals surface area contributed by atoms with Crippen molar-refractivity contribution in [1.29, 1.82) is 0 Å². The molecule has 2 N–H and O–H groups in total. The molecule has 5 heteroatoms. The van der Waals surface area contributed by atoms with Gasteiger partial charge in [-0.1, -0.05) is 18.2 Å². The lowest BCUT2D eigenvalue weighted by Gasteiger charge is -2.12. The van der Waals surface area contributed by atoms with Crippen molar-refractivity contribution in [1.82, 2.24) is 0 Å². The Bertz CT molecular complexity index is 646. The molecule has 0 bridgehead atoms. The highest BCUT2D eigenvalue weighted by molar-refractivity contribution is 7.98. The minimum Gasteiger partial charge on any atom is -0.375 e. The average molecular weight is 304 g/mol. The Morgan fingerprint density at radius 1 is 1.19 bits per heavy atom. The number of carbonyl (C=O) groups excluding carboxylic acids is 1. The number of hydrogen-bond donors (Lipinski definition) is 2. The van der Waals surface area contributed by atoms with E-state index in [4.69, 9.17) is 0 Å². The Morgan fingerprint density at radius 2 is 1.95 bits per heavy atom. The van der Waals surface area contributed by atoms with Crippen molar-refractivity contribution in [3.05, 3.63) is 53.8 Å². The van der Waals surface area contributed by atoms with Crippen LogP contribution in [0.1, 0.15) is 5.56 Å². The average Bonchev–Trinajstić information content (AvgIpc) is 2.49. The fourth-order valence-corrected chi connectivity index (χ4v) is 2.46. The monoisotopic (exact) mass is 304 g/mol. The summed E-state index contributed by atoms with van der Waals surface area (Å²) in [6.45, 7) is 1.96. The maximum absolute atomic E-state index is 13.2. The number of anilines is 2. The highest BCUT2D eigenvalue weighted by atomic mass is 32.2. The van der Waals surface area contributed by atoms with Gasteiger partial charge in [0.15, 0.2) is 0 Å². The third-order valence-corrected chi connectivity index (χ3v) is 3.82. The summed E-state index contributed by atoms with van der Waals surface area (Å²) >= 11 is 1.61. The van der Waals surface area contributed by atoms with Crippen LogP contribution in [0.4, 0.5) is 15.8 Å². The zero-order valence-corrected chi connectivity index (χ0v) is 12.8. The molecule has 0 spiro atoms. The molecule has 110 valence electrons. The van der Waals surface area contributed by atoms with Gasteiger partial charge in [-0.2, -0.15) is 0 Å². The molecule has 0 saturated carbocycles. The molecule has 0 heterocycles. The summed E-state index contributed by atoms with van der Waals surface area (Å²) in [5.41, 5.74) is 2.24. The van der Waals surface area contributed by atoms with Gasteiger partial charge in [-0.05, 0) is 43.0 Å². The summed E-state index contributed by atoms with van der Waals surface area (Å²) < 4.78 is 13.2. The molecule has 3 nitrogen and oxygen atoms in total. The molecule has 0 saturated heterocycles. The van der Waals surface area contributed by atoms with E-state index in [0.29, 0.717) is 5.69 Å². The van der Waals surface area contributed by atoms with Crippen LogP contribution in [-0.2, 0) is 4.79 Å². The van der Waals surface area contributed by atoms with E-state index in [-0.39, 0.29) is 18.3 Å². The molecule has 0 aliphatic heterocycles. The van der Waals surface area contributed by atoms with Crippen LogP contribution in [0.15, 0.2) is 47.4 Å². The van der Waals surface area contributed by atoms with Crippen molar-refractivity contribution in [3.8, 4) is 0 Å². The summed E-state index contributed by atoms with van der Waals surface area (Å²) in [6.07, 6.45) is 1.98. The van der Waals surface area contributed by atoms with Gasteiger partial charge in [0.1, 0.15) is 5.82 Å². The quantitative estimate of drug-likeness (QED) is 0.823. The Kier molecular flexibility index (Phi) is 5.22. The molecule has 1 amide bonds. The van der Waals surface area contributed by atoms with E-state index in [1.54, 1.807) is 17.8 Å². The van der Waals surface area contributed by atoms with E-state index in [1.165, 1.54) is 12.1 Å². The van der Waals surface area contributed by atoms with Crippen LogP contribution in [0.25, 0.3) is 0 Å². The van der Waals surface area contributed by atoms with Crippen LogP contribution in [0.5, 0.6) is 0 Å². The number of hydrogen-bond acceptors (Lipinski definition) is 3. The number of halogens is 1. The smallest absolute Gasteiger partial charge is 0.243 e. The fraction of sp³-hybridized carbons (Fsp3) is 0.188. The van der Waals surface area contributed by atoms with Crippen LogP contribution in [0, 0.1) is 12.7 Å². The van der Waals surface area contributed by atoms with E-state index < -0.39 is 0 Å². The maximum Gasteiger partial charge on any atom is 0.243 e. The van der Waals surface area contributed by atoms with Crippen LogP contribution in [-0.4, -0.2) is 18.7 Å². The zero-order chi connectivity index (χ0) is 15.2. The summed E-state index contributed by atoms with van der Waals surface area (Å²) in [6, 6.07) is 12.1. The van der Waals surface area contributed by atoms with E-state index in [1.807, 2.05) is 37.4 Å². The largest absolute Gasteiger partial charge is 0.375 e. The normalized spacial score (nSPS) is 10.2. The highest BCUT2D eigenvalue weighted by Crippen LogP contribution is 2.24. The minimum atomic E-state index is -0.364.